The number of nitrogens with zero attached hydrogens (tertiary/aromatic N) is 1. The highest BCUT2D eigenvalue weighted by Gasteiger charge is 2.18. The molecule has 2 rings (SSSR count). The number of rotatable bonds is 2. The molecule has 2 N–H and O–H groups in total. The summed E-state index contributed by atoms with van der Waals surface area (Å²) in [6, 6.07) is 4.98. The number of hydrogen-bond acceptors (Lipinski definition) is 2. The summed E-state index contributed by atoms with van der Waals surface area (Å²) >= 11 is 0. The molecular formula is C13H17FN2. The van der Waals surface area contributed by atoms with Crippen LogP contribution in [0.15, 0.2) is 30.4 Å². The zero-order valence-electron chi connectivity index (χ0n) is 9.49. The van der Waals surface area contributed by atoms with E-state index in [2.05, 4.69) is 12.2 Å². The first kappa shape index (κ1) is 11.1. The molecule has 0 bridgehead atoms. The minimum absolute atomic E-state index is 0.142. The molecule has 0 saturated carbocycles. The fraction of sp³-hybridized carbons (Fsp3) is 0.385. The lowest BCUT2D eigenvalue weighted by molar-refractivity contribution is 0.612. The van der Waals surface area contributed by atoms with E-state index < -0.39 is 0 Å². The van der Waals surface area contributed by atoms with Crippen LogP contribution in [0.1, 0.15) is 24.9 Å². The normalized spacial score (nSPS) is 17.6. The van der Waals surface area contributed by atoms with E-state index in [-0.39, 0.29) is 11.9 Å². The molecule has 0 saturated heterocycles. The predicted molar refractivity (Wildman–Crippen MR) is 65.0 cm³/mol. The molecule has 1 heterocycles. The van der Waals surface area contributed by atoms with Gasteiger partial charge in [-0.2, -0.15) is 0 Å². The van der Waals surface area contributed by atoms with E-state index in [4.69, 9.17) is 5.73 Å². The number of anilines is 1. The maximum Gasteiger partial charge on any atom is 0.146 e. The molecule has 0 aromatic heterocycles. The molecule has 0 amide bonds. The summed E-state index contributed by atoms with van der Waals surface area (Å²) in [7, 11) is 0. The van der Waals surface area contributed by atoms with E-state index in [1.54, 1.807) is 6.07 Å². The summed E-state index contributed by atoms with van der Waals surface area (Å²) in [5, 5.41) is 0. The van der Waals surface area contributed by atoms with Crippen LogP contribution in [0.2, 0.25) is 0 Å². The van der Waals surface area contributed by atoms with E-state index in [0.717, 1.165) is 25.1 Å². The Hall–Kier alpha value is -1.35. The molecule has 16 heavy (non-hydrogen) atoms. The molecule has 0 fully saturated rings. The van der Waals surface area contributed by atoms with Gasteiger partial charge < -0.3 is 10.6 Å². The van der Waals surface area contributed by atoms with Gasteiger partial charge in [-0.1, -0.05) is 24.3 Å². The Morgan fingerprint density at radius 3 is 2.81 bits per heavy atom. The van der Waals surface area contributed by atoms with Gasteiger partial charge in [0.25, 0.3) is 0 Å². The smallest absolute Gasteiger partial charge is 0.146 e. The Kier molecular flexibility index (Phi) is 3.25. The van der Waals surface area contributed by atoms with Crippen LogP contribution in [-0.4, -0.2) is 13.1 Å². The highest BCUT2D eigenvalue weighted by Crippen LogP contribution is 2.29. The van der Waals surface area contributed by atoms with Crippen molar-refractivity contribution in [1.29, 1.82) is 0 Å². The van der Waals surface area contributed by atoms with E-state index in [0.29, 0.717) is 5.69 Å². The molecule has 1 aliphatic rings. The predicted octanol–water partition coefficient (Wildman–Crippen LogP) is 2.61. The molecule has 0 radical (unpaired) electrons. The van der Waals surface area contributed by atoms with Crippen LogP contribution in [0.5, 0.6) is 0 Å². The van der Waals surface area contributed by atoms with E-state index in [1.165, 1.54) is 6.07 Å². The first-order chi connectivity index (χ1) is 7.70. The van der Waals surface area contributed by atoms with Crippen molar-refractivity contribution >= 4 is 5.69 Å². The Balaban J connectivity index is 2.41. The molecule has 1 aromatic rings. The average Bonchev–Trinajstić information content (AvgIpc) is 2.29. The van der Waals surface area contributed by atoms with Crippen LogP contribution < -0.4 is 10.6 Å². The van der Waals surface area contributed by atoms with Gasteiger partial charge in [-0.3, -0.25) is 0 Å². The number of halogens is 1. The van der Waals surface area contributed by atoms with Crippen molar-refractivity contribution in [3.05, 3.63) is 41.7 Å². The van der Waals surface area contributed by atoms with E-state index >= 15 is 0 Å². The molecule has 1 atom stereocenters. The van der Waals surface area contributed by atoms with Gasteiger partial charge in [0, 0.05) is 19.1 Å². The Bertz CT molecular complexity index is 399. The van der Waals surface area contributed by atoms with Crippen LogP contribution >= 0.6 is 0 Å². The van der Waals surface area contributed by atoms with Gasteiger partial charge in [0.05, 0.1) is 5.69 Å². The zero-order valence-corrected chi connectivity index (χ0v) is 9.49. The topological polar surface area (TPSA) is 29.3 Å². The Morgan fingerprint density at radius 2 is 2.19 bits per heavy atom. The first-order valence-electron chi connectivity index (χ1n) is 5.64. The Morgan fingerprint density at radius 1 is 1.38 bits per heavy atom. The zero-order chi connectivity index (χ0) is 11.5. The van der Waals surface area contributed by atoms with Gasteiger partial charge in [0.2, 0.25) is 0 Å². The molecule has 86 valence electrons. The highest BCUT2D eigenvalue weighted by atomic mass is 19.1. The fourth-order valence-corrected chi connectivity index (χ4v) is 2.08. The summed E-state index contributed by atoms with van der Waals surface area (Å²) in [6.07, 6.45) is 5.16. The quantitative estimate of drug-likeness (QED) is 0.776. The van der Waals surface area contributed by atoms with E-state index in [1.807, 2.05) is 17.9 Å². The van der Waals surface area contributed by atoms with Crippen LogP contribution in [0, 0.1) is 5.82 Å². The lowest BCUT2D eigenvalue weighted by atomic mass is 10.0. The second-order valence-electron chi connectivity index (χ2n) is 4.17. The van der Waals surface area contributed by atoms with Gasteiger partial charge in [-0.25, -0.2) is 4.39 Å². The summed E-state index contributed by atoms with van der Waals surface area (Å²) in [4.78, 5) is 2.05. The molecule has 0 unspecified atom stereocenters. The lowest BCUT2D eigenvalue weighted by Gasteiger charge is -2.29. The van der Waals surface area contributed by atoms with Crippen LogP contribution in [-0.2, 0) is 0 Å². The van der Waals surface area contributed by atoms with E-state index in [9.17, 15) is 4.39 Å². The third-order valence-corrected chi connectivity index (χ3v) is 2.88. The number of benzene rings is 1. The summed E-state index contributed by atoms with van der Waals surface area (Å²) in [5.41, 5.74) is 7.43. The van der Waals surface area contributed by atoms with Crippen molar-refractivity contribution in [2.75, 3.05) is 18.0 Å². The summed E-state index contributed by atoms with van der Waals surface area (Å²) < 4.78 is 13.9. The number of hydrogen-bond donors (Lipinski definition) is 1. The van der Waals surface area contributed by atoms with Gasteiger partial charge in [-0.15, -0.1) is 0 Å². The van der Waals surface area contributed by atoms with Gasteiger partial charge in [0.15, 0.2) is 0 Å². The van der Waals surface area contributed by atoms with Crippen LogP contribution in [0.3, 0.4) is 0 Å². The molecule has 2 nitrogen and oxygen atoms in total. The van der Waals surface area contributed by atoms with Gasteiger partial charge in [-0.05, 0) is 25.0 Å². The van der Waals surface area contributed by atoms with Crippen molar-refractivity contribution in [2.24, 2.45) is 5.73 Å². The molecule has 0 aliphatic carbocycles. The van der Waals surface area contributed by atoms with Crippen LogP contribution in [0.25, 0.3) is 0 Å². The van der Waals surface area contributed by atoms with Crippen molar-refractivity contribution in [1.82, 2.24) is 0 Å². The maximum atomic E-state index is 13.9. The minimum atomic E-state index is -0.176. The molecular weight excluding hydrogens is 203 g/mol. The van der Waals surface area contributed by atoms with Crippen molar-refractivity contribution in [3.63, 3.8) is 0 Å². The third kappa shape index (κ3) is 2.09. The van der Waals surface area contributed by atoms with Gasteiger partial charge >= 0.3 is 0 Å². The molecule has 0 spiro atoms. The summed E-state index contributed by atoms with van der Waals surface area (Å²) in [5.74, 6) is -0.176. The minimum Gasteiger partial charge on any atom is -0.365 e. The highest BCUT2D eigenvalue weighted by molar-refractivity contribution is 5.57. The first-order valence-corrected chi connectivity index (χ1v) is 5.64. The average molecular weight is 220 g/mol. The Labute approximate surface area is 95.6 Å². The maximum absolute atomic E-state index is 13.9. The van der Waals surface area contributed by atoms with Crippen molar-refractivity contribution in [2.45, 2.75) is 19.4 Å². The number of para-hydroxylation sites is 1. The third-order valence-electron chi connectivity index (χ3n) is 2.88. The van der Waals surface area contributed by atoms with Crippen molar-refractivity contribution in [3.8, 4) is 0 Å². The fourth-order valence-electron chi connectivity index (χ4n) is 2.08. The SMILES string of the molecule is C[C@H](N)c1cccc(F)c1N1CC=CCC1. The standard InChI is InChI=1S/C13H17FN2/c1-10(15)11-6-5-7-12(14)13(11)16-8-3-2-4-9-16/h2-3,5-7,10H,4,8-9,15H2,1H3/t10-/m0/s1. The second kappa shape index (κ2) is 4.66. The lowest BCUT2D eigenvalue weighted by Crippen LogP contribution is -2.29. The second-order valence-corrected chi connectivity index (χ2v) is 4.17. The molecule has 1 aromatic carbocycles. The van der Waals surface area contributed by atoms with Crippen LogP contribution in [0.4, 0.5) is 10.1 Å². The molecule has 1 aliphatic heterocycles. The number of nitrogens with two attached hydrogens (primary N) is 1. The molecule has 3 heteroatoms. The monoisotopic (exact) mass is 220 g/mol. The van der Waals surface area contributed by atoms with Gasteiger partial charge in [0.1, 0.15) is 5.82 Å². The summed E-state index contributed by atoms with van der Waals surface area (Å²) in [6.45, 7) is 3.51. The van der Waals surface area contributed by atoms with Crippen molar-refractivity contribution < 1.29 is 4.39 Å². The largest absolute Gasteiger partial charge is 0.365 e.